The molecular formula is C12H11ClN4O2S2. The van der Waals surface area contributed by atoms with Crippen LogP contribution in [0.2, 0.25) is 5.02 Å². The van der Waals surface area contributed by atoms with E-state index in [1.807, 2.05) is 0 Å². The third-order valence-corrected chi connectivity index (χ3v) is 5.01. The molecule has 2 rings (SSSR count). The van der Waals surface area contributed by atoms with Gasteiger partial charge in [-0.15, -0.1) is 10.2 Å². The molecule has 0 aliphatic rings. The minimum absolute atomic E-state index is 0.0460. The Hall–Kier alpha value is -1.66. The topological polar surface area (TPSA) is 98.0 Å². The molecule has 1 aromatic carbocycles. The first-order chi connectivity index (χ1) is 9.92. The number of sulfonamides is 1. The first kappa shape index (κ1) is 15.7. The molecule has 9 heteroatoms. The molecule has 0 spiro atoms. The van der Waals surface area contributed by atoms with Crippen LogP contribution in [0.3, 0.4) is 0 Å². The molecule has 0 bridgehead atoms. The van der Waals surface area contributed by atoms with Crippen LogP contribution in [0.1, 0.15) is 10.6 Å². The Bertz CT molecular complexity index is 821. The number of nitrogens with zero attached hydrogens (tertiary/aromatic N) is 2. The van der Waals surface area contributed by atoms with E-state index in [9.17, 15) is 8.42 Å². The van der Waals surface area contributed by atoms with Crippen LogP contribution in [0.5, 0.6) is 0 Å². The fourth-order valence-electron chi connectivity index (χ4n) is 1.46. The van der Waals surface area contributed by atoms with Crippen LogP contribution in [0, 0.1) is 18.8 Å². The van der Waals surface area contributed by atoms with Gasteiger partial charge in [-0.25, -0.2) is 8.42 Å². The molecule has 0 fully saturated rings. The van der Waals surface area contributed by atoms with E-state index >= 15 is 0 Å². The lowest BCUT2D eigenvalue weighted by Gasteiger charge is -2.06. The Kier molecular flexibility index (Phi) is 4.80. The van der Waals surface area contributed by atoms with Crippen LogP contribution in [0.25, 0.3) is 0 Å². The van der Waals surface area contributed by atoms with E-state index in [0.717, 1.165) is 11.3 Å². The summed E-state index contributed by atoms with van der Waals surface area (Å²) in [5.74, 6) is 5.45. The summed E-state index contributed by atoms with van der Waals surface area (Å²) in [6.45, 7) is 1.95. The molecule has 0 saturated carbocycles. The lowest BCUT2D eigenvalue weighted by atomic mass is 10.2. The Morgan fingerprint density at radius 3 is 2.76 bits per heavy atom. The minimum Gasteiger partial charge on any atom is -0.320 e. The summed E-state index contributed by atoms with van der Waals surface area (Å²) >= 11 is 7.15. The number of nitrogens with one attached hydrogen (secondary N) is 1. The summed E-state index contributed by atoms with van der Waals surface area (Å²) < 4.78 is 26.8. The molecule has 0 aliphatic heterocycles. The molecule has 2 aromatic rings. The van der Waals surface area contributed by atoms with Crippen molar-refractivity contribution in [3.05, 3.63) is 33.8 Å². The highest BCUT2D eigenvalue weighted by Crippen LogP contribution is 2.25. The second-order valence-electron chi connectivity index (χ2n) is 3.88. The van der Waals surface area contributed by atoms with E-state index in [0.29, 0.717) is 10.6 Å². The zero-order valence-corrected chi connectivity index (χ0v) is 13.3. The Morgan fingerprint density at radius 1 is 1.43 bits per heavy atom. The quantitative estimate of drug-likeness (QED) is 0.826. The molecule has 110 valence electrons. The van der Waals surface area contributed by atoms with Crippen molar-refractivity contribution in [3.63, 3.8) is 0 Å². The third kappa shape index (κ3) is 3.92. The van der Waals surface area contributed by atoms with Gasteiger partial charge < -0.3 is 5.73 Å². The van der Waals surface area contributed by atoms with Gasteiger partial charge >= 0.3 is 0 Å². The predicted octanol–water partition coefficient (Wildman–Crippen LogP) is 1.61. The molecule has 21 heavy (non-hydrogen) atoms. The number of benzene rings is 1. The smallest absolute Gasteiger partial charge is 0.265 e. The van der Waals surface area contributed by atoms with Gasteiger partial charge in [0.15, 0.2) is 0 Å². The maximum absolute atomic E-state index is 12.2. The highest BCUT2D eigenvalue weighted by atomic mass is 35.5. The van der Waals surface area contributed by atoms with Gasteiger partial charge in [-0.3, -0.25) is 4.72 Å². The van der Waals surface area contributed by atoms with Crippen LogP contribution >= 0.6 is 22.9 Å². The molecular weight excluding hydrogens is 332 g/mol. The highest BCUT2D eigenvalue weighted by Gasteiger charge is 2.19. The van der Waals surface area contributed by atoms with E-state index in [-0.39, 0.29) is 21.6 Å². The average Bonchev–Trinajstić information content (AvgIpc) is 2.80. The van der Waals surface area contributed by atoms with Gasteiger partial charge in [0.1, 0.15) is 9.90 Å². The summed E-state index contributed by atoms with van der Waals surface area (Å²) in [5.41, 5.74) is 5.87. The van der Waals surface area contributed by atoms with E-state index < -0.39 is 10.0 Å². The first-order valence-electron chi connectivity index (χ1n) is 5.74. The lowest BCUT2D eigenvalue weighted by molar-refractivity contribution is 0.601. The van der Waals surface area contributed by atoms with Crippen LogP contribution in [0.4, 0.5) is 5.13 Å². The van der Waals surface area contributed by atoms with Crippen molar-refractivity contribution < 1.29 is 8.42 Å². The van der Waals surface area contributed by atoms with Gasteiger partial charge in [0.2, 0.25) is 5.13 Å². The number of nitrogens with two attached hydrogens (primary N) is 1. The summed E-state index contributed by atoms with van der Waals surface area (Å²) in [6.07, 6.45) is 0. The van der Waals surface area contributed by atoms with Crippen molar-refractivity contribution in [1.82, 2.24) is 10.2 Å². The normalized spacial score (nSPS) is 10.8. The van der Waals surface area contributed by atoms with Gasteiger partial charge in [-0.1, -0.05) is 34.8 Å². The molecule has 0 amide bonds. The number of halogens is 1. The summed E-state index contributed by atoms with van der Waals surface area (Å²) in [5, 5.41) is 8.38. The van der Waals surface area contributed by atoms with Crippen molar-refractivity contribution in [2.45, 2.75) is 11.8 Å². The van der Waals surface area contributed by atoms with Crippen LogP contribution < -0.4 is 10.5 Å². The largest absolute Gasteiger partial charge is 0.320 e. The zero-order chi connectivity index (χ0) is 15.5. The maximum atomic E-state index is 12.2. The van der Waals surface area contributed by atoms with Crippen molar-refractivity contribution in [2.75, 3.05) is 11.3 Å². The van der Waals surface area contributed by atoms with Crippen molar-refractivity contribution in [2.24, 2.45) is 5.73 Å². The summed E-state index contributed by atoms with van der Waals surface area (Å²) in [6, 6.07) is 4.43. The van der Waals surface area contributed by atoms with Gasteiger partial charge in [-0.05, 0) is 25.1 Å². The van der Waals surface area contributed by atoms with Crippen molar-refractivity contribution >= 4 is 38.1 Å². The third-order valence-electron chi connectivity index (χ3n) is 2.30. The fourth-order valence-corrected chi connectivity index (χ4v) is 3.83. The van der Waals surface area contributed by atoms with E-state index in [4.69, 9.17) is 17.3 Å². The average molecular weight is 343 g/mol. The van der Waals surface area contributed by atoms with Gasteiger partial charge in [0.05, 0.1) is 11.6 Å². The number of hydrogen-bond donors (Lipinski definition) is 2. The second-order valence-corrected chi connectivity index (χ2v) is 7.12. The molecule has 0 radical (unpaired) electrons. The van der Waals surface area contributed by atoms with Gasteiger partial charge in [0.25, 0.3) is 10.0 Å². The predicted molar refractivity (Wildman–Crippen MR) is 82.8 cm³/mol. The molecule has 0 atom stereocenters. The molecule has 3 N–H and O–H groups in total. The first-order valence-corrected chi connectivity index (χ1v) is 8.41. The van der Waals surface area contributed by atoms with Crippen LogP contribution in [0.15, 0.2) is 23.1 Å². The van der Waals surface area contributed by atoms with E-state index in [2.05, 4.69) is 26.8 Å². The molecule has 0 saturated heterocycles. The number of rotatable bonds is 3. The SMILES string of the molecule is Cc1nnc(NS(=O)(=O)c2ccc(C#CCN)cc2Cl)s1. The van der Waals surface area contributed by atoms with Gasteiger partial charge in [-0.2, -0.15) is 0 Å². The molecule has 6 nitrogen and oxygen atoms in total. The number of aryl methyl sites for hydroxylation is 1. The van der Waals surface area contributed by atoms with Gasteiger partial charge in [0, 0.05) is 5.56 Å². The van der Waals surface area contributed by atoms with E-state index in [1.54, 1.807) is 13.0 Å². The molecule has 1 heterocycles. The molecule has 1 aromatic heterocycles. The van der Waals surface area contributed by atoms with Crippen molar-refractivity contribution in [3.8, 4) is 11.8 Å². The standard InChI is InChI=1S/C12H11ClN4O2S2/c1-8-15-16-12(20-8)17-21(18,19)11-5-4-9(3-2-6-14)7-10(11)13/h4-5,7H,6,14H2,1H3,(H,16,17). The van der Waals surface area contributed by atoms with E-state index in [1.165, 1.54) is 12.1 Å². The monoisotopic (exact) mass is 342 g/mol. The van der Waals surface area contributed by atoms with Crippen LogP contribution in [-0.4, -0.2) is 25.2 Å². The summed E-state index contributed by atoms with van der Waals surface area (Å²) in [7, 11) is -3.81. The van der Waals surface area contributed by atoms with Crippen molar-refractivity contribution in [1.29, 1.82) is 0 Å². The van der Waals surface area contributed by atoms with Crippen LogP contribution in [-0.2, 0) is 10.0 Å². The zero-order valence-electron chi connectivity index (χ0n) is 10.9. The second kappa shape index (κ2) is 6.41. The minimum atomic E-state index is -3.81. The number of anilines is 1. The highest BCUT2D eigenvalue weighted by molar-refractivity contribution is 7.93. The lowest BCUT2D eigenvalue weighted by Crippen LogP contribution is -2.13. The molecule has 0 unspecified atom stereocenters. The fraction of sp³-hybridized carbons (Fsp3) is 0.167. The Labute approximate surface area is 131 Å². The number of hydrogen-bond acceptors (Lipinski definition) is 6. The maximum Gasteiger partial charge on any atom is 0.265 e. The Morgan fingerprint density at radius 2 is 2.19 bits per heavy atom. The Balaban J connectivity index is 2.32. The number of aromatic nitrogens is 2. The molecule has 0 aliphatic carbocycles. The summed E-state index contributed by atoms with van der Waals surface area (Å²) in [4.78, 5) is -0.0460.